The number of pyridine rings is 1. The summed E-state index contributed by atoms with van der Waals surface area (Å²) in [7, 11) is 0. The van der Waals surface area contributed by atoms with Gasteiger partial charge in [0.15, 0.2) is 0 Å². The van der Waals surface area contributed by atoms with E-state index in [0.717, 1.165) is 35.2 Å². The van der Waals surface area contributed by atoms with Crippen LogP contribution < -0.4 is 10.1 Å². The number of likely N-dealkylation sites (tertiary alicyclic amines) is 1. The molecule has 0 unspecified atom stereocenters. The molecule has 6 heteroatoms. The number of nitrogens with zero attached hydrogens (tertiary/aromatic N) is 2. The van der Waals surface area contributed by atoms with Crippen molar-refractivity contribution in [1.29, 1.82) is 0 Å². The minimum Gasteiger partial charge on any atom is -0.489 e. The summed E-state index contributed by atoms with van der Waals surface area (Å²) in [4.78, 5) is 31.2. The second-order valence-corrected chi connectivity index (χ2v) is 7.81. The average Bonchev–Trinajstić information content (AvgIpc) is 3.34. The second-order valence-electron chi connectivity index (χ2n) is 7.81. The molecule has 1 atom stereocenters. The normalized spacial score (nSPS) is 20.1. The number of para-hydroxylation sites is 1. The third-order valence-electron chi connectivity index (χ3n) is 5.78. The molecule has 148 valence electrons. The standard InChI is InChI=1S/C22H27N3O3/c1-15-9-10-16-5-4-8-19(21(16)24-15)28-12-11-23-22(27)17-13-20(26)25(14-17)18-6-2-3-7-18/h4-5,8-10,17-18H,2-3,6-7,11-14H2,1H3,(H,23,27)/t17-/m0/s1. The van der Waals surface area contributed by atoms with Crippen LogP contribution in [0.3, 0.4) is 0 Å². The van der Waals surface area contributed by atoms with Crippen molar-refractivity contribution >= 4 is 22.7 Å². The van der Waals surface area contributed by atoms with Gasteiger partial charge in [-0.3, -0.25) is 9.59 Å². The maximum Gasteiger partial charge on any atom is 0.225 e. The van der Waals surface area contributed by atoms with Crippen molar-refractivity contribution in [1.82, 2.24) is 15.2 Å². The van der Waals surface area contributed by atoms with Crippen molar-refractivity contribution in [2.45, 2.75) is 45.1 Å². The fourth-order valence-corrected chi connectivity index (χ4v) is 4.29. The zero-order valence-corrected chi connectivity index (χ0v) is 16.3. The molecular weight excluding hydrogens is 354 g/mol. The van der Waals surface area contributed by atoms with Crippen LogP contribution in [0.15, 0.2) is 30.3 Å². The Hall–Kier alpha value is -2.63. The van der Waals surface area contributed by atoms with Gasteiger partial charge in [0.05, 0.1) is 12.5 Å². The van der Waals surface area contributed by atoms with E-state index in [2.05, 4.69) is 10.3 Å². The summed E-state index contributed by atoms with van der Waals surface area (Å²) in [6.45, 7) is 3.29. The molecule has 6 nitrogen and oxygen atoms in total. The van der Waals surface area contributed by atoms with Crippen molar-refractivity contribution in [3.05, 3.63) is 36.0 Å². The molecule has 2 aromatic rings. The lowest BCUT2D eigenvalue weighted by Gasteiger charge is -2.23. The average molecular weight is 381 g/mol. The maximum atomic E-state index is 12.5. The maximum absolute atomic E-state index is 12.5. The molecule has 2 fully saturated rings. The molecular formula is C22H27N3O3. The van der Waals surface area contributed by atoms with Gasteiger partial charge < -0.3 is 15.0 Å². The molecule has 4 rings (SSSR count). The van der Waals surface area contributed by atoms with Crippen LogP contribution >= 0.6 is 0 Å². The summed E-state index contributed by atoms with van der Waals surface area (Å²) < 4.78 is 5.86. The highest BCUT2D eigenvalue weighted by Gasteiger charge is 2.38. The third kappa shape index (κ3) is 3.96. The zero-order chi connectivity index (χ0) is 19.5. The highest BCUT2D eigenvalue weighted by atomic mass is 16.5. The van der Waals surface area contributed by atoms with Crippen molar-refractivity contribution in [3.8, 4) is 5.75 Å². The number of fused-ring (bicyclic) bond motifs is 1. The van der Waals surface area contributed by atoms with E-state index in [-0.39, 0.29) is 17.7 Å². The molecule has 1 aliphatic heterocycles. The number of ether oxygens (including phenoxy) is 1. The van der Waals surface area contributed by atoms with Crippen molar-refractivity contribution in [3.63, 3.8) is 0 Å². The van der Waals surface area contributed by atoms with Gasteiger partial charge >= 0.3 is 0 Å². The van der Waals surface area contributed by atoms with Crippen LogP contribution in [0, 0.1) is 12.8 Å². The molecule has 1 saturated heterocycles. The highest BCUT2D eigenvalue weighted by Crippen LogP contribution is 2.29. The van der Waals surface area contributed by atoms with E-state index < -0.39 is 0 Å². The zero-order valence-electron chi connectivity index (χ0n) is 16.3. The van der Waals surface area contributed by atoms with E-state index in [1.165, 1.54) is 12.8 Å². The van der Waals surface area contributed by atoms with Gasteiger partial charge in [-0.05, 0) is 31.9 Å². The number of carbonyl (C=O) groups excluding carboxylic acids is 2. The quantitative estimate of drug-likeness (QED) is 0.781. The lowest BCUT2D eigenvalue weighted by molar-refractivity contribution is -0.130. The molecule has 0 bridgehead atoms. The van der Waals surface area contributed by atoms with Gasteiger partial charge in [0.1, 0.15) is 17.9 Å². The van der Waals surface area contributed by atoms with E-state index in [9.17, 15) is 9.59 Å². The van der Waals surface area contributed by atoms with Gasteiger partial charge in [-0.2, -0.15) is 0 Å². The van der Waals surface area contributed by atoms with Crippen LogP contribution in [0.1, 0.15) is 37.8 Å². The van der Waals surface area contributed by atoms with Crippen LogP contribution in [0.2, 0.25) is 0 Å². The Morgan fingerprint density at radius 3 is 2.89 bits per heavy atom. The van der Waals surface area contributed by atoms with E-state index in [0.29, 0.717) is 32.2 Å². The first-order valence-corrected chi connectivity index (χ1v) is 10.2. The van der Waals surface area contributed by atoms with Crippen LogP contribution in [0.5, 0.6) is 5.75 Å². The lowest BCUT2D eigenvalue weighted by atomic mass is 10.1. The van der Waals surface area contributed by atoms with Crippen LogP contribution in [-0.2, 0) is 9.59 Å². The van der Waals surface area contributed by atoms with E-state index in [4.69, 9.17) is 4.74 Å². The fraction of sp³-hybridized carbons (Fsp3) is 0.500. The Morgan fingerprint density at radius 2 is 2.07 bits per heavy atom. The number of rotatable bonds is 6. The first kappa shape index (κ1) is 18.7. The molecule has 2 aliphatic rings. The highest BCUT2D eigenvalue weighted by molar-refractivity contribution is 5.89. The number of hydrogen-bond acceptors (Lipinski definition) is 4. The summed E-state index contributed by atoms with van der Waals surface area (Å²) in [6, 6.07) is 10.2. The van der Waals surface area contributed by atoms with Gasteiger partial charge in [-0.1, -0.05) is 31.0 Å². The van der Waals surface area contributed by atoms with Gasteiger partial charge in [-0.15, -0.1) is 0 Å². The van der Waals surface area contributed by atoms with Gasteiger partial charge in [0, 0.05) is 30.1 Å². The van der Waals surface area contributed by atoms with Gasteiger partial charge in [0.25, 0.3) is 0 Å². The van der Waals surface area contributed by atoms with Crippen molar-refractivity contribution < 1.29 is 14.3 Å². The predicted molar refractivity (Wildman–Crippen MR) is 107 cm³/mol. The Kier molecular flexibility index (Phi) is 5.46. The SMILES string of the molecule is Cc1ccc2cccc(OCCNC(=O)[C@H]3CC(=O)N(C4CCCC4)C3)c2n1. The number of nitrogens with one attached hydrogen (secondary N) is 1. The molecule has 1 aromatic heterocycles. The number of benzene rings is 1. The molecule has 1 saturated carbocycles. The van der Waals surface area contributed by atoms with Crippen molar-refractivity contribution in [2.24, 2.45) is 5.92 Å². The summed E-state index contributed by atoms with van der Waals surface area (Å²) >= 11 is 0. The number of aromatic nitrogens is 1. The summed E-state index contributed by atoms with van der Waals surface area (Å²) in [5.41, 5.74) is 1.77. The second kappa shape index (κ2) is 8.17. The Bertz CT molecular complexity index is 876. The fourth-order valence-electron chi connectivity index (χ4n) is 4.29. The van der Waals surface area contributed by atoms with Crippen molar-refractivity contribution in [2.75, 3.05) is 19.7 Å². The first-order chi connectivity index (χ1) is 13.6. The van der Waals surface area contributed by atoms with E-state index in [1.807, 2.05) is 42.2 Å². The predicted octanol–water partition coefficient (Wildman–Crippen LogP) is 2.83. The smallest absolute Gasteiger partial charge is 0.225 e. The number of carbonyl (C=O) groups is 2. The number of hydrogen-bond donors (Lipinski definition) is 1. The molecule has 0 radical (unpaired) electrons. The molecule has 2 heterocycles. The van der Waals surface area contributed by atoms with Crippen LogP contribution in [0.4, 0.5) is 0 Å². The van der Waals surface area contributed by atoms with E-state index >= 15 is 0 Å². The molecule has 28 heavy (non-hydrogen) atoms. The molecule has 0 spiro atoms. The molecule has 1 aliphatic carbocycles. The molecule has 1 N–H and O–H groups in total. The Balaban J connectivity index is 1.27. The lowest BCUT2D eigenvalue weighted by Crippen LogP contribution is -2.37. The number of amides is 2. The Labute approximate surface area is 165 Å². The summed E-state index contributed by atoms with van der Waals surface area (Å²) in [6.07, 6.45) is 4.85. The van der Waals surface area contributed by atoms with Crippen LogP contribution in [0.25, 0.3) is 10.9 Å². The minimum absolute atomic E-state index is 0.0515. The Morgan fingerprint density at radius 1 is 1.25 bits per heavy atom. The molecule has 1 aromatic carbocycles. The van der Waals surface area contributed by atoms with Gasteiger partial charge in [-0.25, -0.2) is 4.98 Å². The number of aryl methyl sites for hydroxylation is 1. The molecule has 2 amide bonds. The largest absolute Gasteiger partial charge is 0.489 e. The van der Waals surface area contributed by atoms with E-state index in [1.54, 1.807) is 0 Å². The monoisotopic (exact) mass is 381 g/mol. The summed E-state index contributed by atoms with van der Waals surface area (Å²) in [5.74, 6) is 0.554. The minimum atomic E-state index is -0.241. The first-order valence-electron chi connectivity index (χ1n) is 10.2. The van der Waals surface area contributed by atoms with Gasteiger partial charge in [0.2, 0.25) is 11.8 Å². The summed E-state index contributed by atoms with van der Waals surface area (Å²) in [5, 5.41) is 3.95. The third-order valence-corrected chi connectivity index (χ3v) is 5.78. The van der Waals surface area contributed by atoms with Crippen LogP contribution in [-0.4, -0.2) is 47.4 Å². The topological polar surface area (TPSA) is 71.5 Å².